The third-order valence-electron chi connectivity index (χ3n) is 4.94. The largest absolute Gasteiger partial charge is 0.389 e. The molecular weight excluding hydrogens is 452 g/mol. The van der Waals surface area contributed by atoms with Crippen LogP contribution in [-0.4, -0.2) is 65.6 Å². The molecule has 1 aliphatic heterocycles. The highest BCUT2D eigenvalue weighted by Gasteiger charge is 2.39. The Kier molecular flexibility index (Phi) is 9.06. The van der Waals surface area contributed by atoms with Crippen LogP contribution in [0.15, 0.2) is 48.5 Å². The Hall–Kier alpha value is -3.31. The highest BCUT2D eigenvalue weighted by molar-refractivity contribution is 6.04. The van der Waals surface area contributed by atoms with Gasteiger partial charge in [0.25, 0.3) is 11.8 Å². The van der Waals surface area contributed by atoms with Crippen molar-refractivity contribution in [1.29, 1.82) is 5.41 Å². The van der Waals surface area contributed by atoms with Crippen molar-refractivity contribution < 1.29 is 29.3 Å². The van der Waals surface area contributed by atoms with E-state index >= 15 is 0 Å². The van der Waals surface area contributed by atoms with Crippen LogP contribution in [0.1, 0.15) is 11.1 Å². The number of aliphatic hydroxyl groups excluding tert-OH is 2. The molecule has 0 spiro atoms. The second kappa shape index (κ2) is 11.5. The molecule has 0 saturated carbocycles. The zero-order chi connectivity index (χ0) is 23.3. The van der Waals surface area contributed by atoms with Crippen LogP contribution in [-0.2, 0) is 25.5 Å². The van der Waals surface area contributed by atoms with E-state index in [1.807, 2.05) is 0 Å². The lowest BCUT2D eigenvalue weighted by molar-refractivity contribution is -0.150. The molecule has 6 N–H and O–H groups in total. The van der Waals surface area contributed by atoms with Gasteiger partial charge in [0, 0.05) is 29.9 Å². The molecule has 1 aliphatic rings. The number of hydrogen-bond donors (Lipinski definition) is 5. The zero-order valence-electron chi connectivity index (χ0n) is 17.6. The lowest BCUT2D eigenvalue weighted by Crippen LogP contribution is -2.55. The van der Waals surface area contributed by atoms with Gasteiger partial charge in [-0.05, 0) is 42.0 Å². The van der Waals surface area contributed by atoms with E-state index in [-0.39, 0.29) is 43.6 Å². The van der Waals surface area contributed by atoms with Crippen LogP contribution in [0, 0.1) is 5.41 Å². The fraction of sp³-hybridized carbons (Fsp3) is 0.273. The number of nitrogens with zero attached hydrogens (tertiary/aromatic N) is 1. The number of halogens is 1. The van der Waals surface area contributed by atoms with Gasteiger partial charge in [-0.25, -0.2) is 0 Å². The number of Topliss-reactive ketones (excluding diaryl/α,β-unsaturated/α-hetero) is 1. The lowest BCUT2D eigenvalue weighted by Gasteiger charge is -2.34. The Bertz CT molecular complexity index is 1030. The molecule has 0 aromatic heterocycles. The molecule has 176 valence electrons. The predicted molar refractivity (Wildman–Crippen MR) is 124 cm³/mol. The van der Waals surface area contributed by atoms with Crippen molar-refractivity contribution in [3.63, 3.8) is 0 Å². The number of amides is 2. The van der Waals surface area contributed by atoms with Crippen molar-refractivity contribution in [3.05, 3.63) is 59.7 Å². The molecular formula is C22H25ClN4O6. The summed E-state index contributed by atoms with van der Waals surface area (Å²) in [6, 6.07) is 12.9. The van der Waals surface area contributed by atoms with Gasteiger partial charge in [-0.2, -0.15) is 0 Å². The second-order valence-electron chi connectivity index (χ2n) is 7.25. The first-order valence-electron chi connectivity index (χ1n) is 9.88. The van der Waals surface area contributed by atoms with Gasteiger partial charge in [0.2, 0.25) is 0 Å². The second-order valence-corrected chi connectivity index (χ2v) is 7.25. The summed E-state index contributed by atoms with van der Waals surface area (Å²) in [7, 11) is 0. The number of carbonyl (C=O) groups excluding carboxylic acids is 3. The zero-order valence-corrected chi connectivity index (χ0v) is 18.4. The summed E-state index contributed by atoms with van der Waals surface area (Å²) < 4.78 is 5.39. The van der Waals surface area contributed by atoms with Crippen molar-refractivity contribution >= 4 is 47.2 Å². The van der Waals surface area contributed by atoms with Gasteiger partial charge < -0.3 is 30.9 Å². The Morgan fingerprint density at radius 2 is 1.94 bits per heavy atom. The number of amidine groups is 1. The Balaban J connectivity index is 0.00000385. The standard InChI is InChI=1S/C22H24N4O6.ClH/c23-20(24)14-4-6-15(7-5-14)25-21(30)18(29)19-22(31)26(8-9-32-19)16-3-1-2-13(10-16)11-17(28)12-27;/h1-7,10,18-19,27,29H,8-9,11-12H2,(H3,23,24)(H,25,30);1H/t18-,19-;/m1./s1. The van der Waals surface area contributed by atoms with Gasteiger partial charge >= 0.3 is 0 Å². The third-order valence-corrected chi connectivity index (χ3v) is 4.94. The van der Waals surface area contributed by atoms with E-state index in [1.165, 1.54) is 17.0 Å². The van der Waals surface area contributed by atoms with Crippen LogP contribution in [0.5, 0.6) is 0 Å². The van der Waals surface area contributed by atoms with Crippen molar-refractivity contribution in [1.82, 2.24) is 0 Å². The summed E-state index contributed by atoms with van der Waals surface area (Å²) in [6.45, 7) is -0.247. The van der Waals surface area contributed by atoms with Crippen molar-refractivity contribution in [2.75, 3.05) is 30.0 Å². The van der Waals surface area contributed by atoms with E-state index in [0.717, 1.165) is 0 Å². The first-order chi connectivity index (χ1) is 15.3. The van der Waals surface area contributed by atoms with Gasteiger partial charge in [0.05, 0.1) is 6.61 Å². The number of morpholine rings is 1. The number of aliphatic hydroxyl groups is 2. The number of ketones is 1. The molecule has 2 aromatic rings. The summed E-state index contributed by atoms with van der Waals surface area (Å²) in [5.41, 5.74) is 7.37. The number of rotatable bonds is 8. The minimum Gasteiger partial charge on any atom is -0.389 e. The lowest BCUT2D eigenvalue weighted by atomic mass is 10.1. The Labute approximate surface area is 196 Å². The van der Waals surface area contributed by atoms with Crippen molar-refractivity contribution in [2.24, 2.45) is 5.73 Å². The maximum Gasteiger partial charge on any atom is 0.259 e. The summed E-state index contributed by atoms with van der Waals surface area (Å²) in [5.74, 6) is -1.87. The van der Waals surface area contributed by atoms with E-state index < -0.39 is 30.6 Å². The maximum atomic E-state index is 13.0. The van der Waals surface area contributed by atoms with E-state index in [2.05, 4.69) is 5.32 Å². The fourth-order valence-electron chi connectivity index (χ4n) is 3.29. The summed E-state index contributed by atoms with van der Waals surface area (Å²) in [5, 5.41) is 29.3. The quantitative estimate of drug-likeness (QED) is 0.268. The first kappa shape index (κ1) is 25.9. The molecule has 2 amide bonds. The minimum absolute atomic E-state index is 0. The summed E-state index contributed by atoms with van der Waals surface area (Å²) >= 11 is 0. The van der Waals surface area contributed by atoms with Gasteiger partial charge in [-0.15, -0.1) is 12.4 Å². The number of anilines is 2. The molecule has 33 heavy (non-hydrogen) atoms. The van der Waals surface area contributed by atoms with Gasteiger partial charge in [0.15, 0.2) is 18.0 Å². The van der Waals surface area contributed by atoms with E-state index in [0.29, 0.717) is 22.5 Å². The number of benzene rings is 2. The molecule has 0 unspecified atom stereocenters. The molecule has 1 heterocycles. The average Bonchev–Trinajstić information content (AvgIpc) is 2.79. The fourth-order valence-corrected chi connectivity index (χ4v) is 3.29. The molecule has 0 aliphatic carbocycles. The van der Waals surface area contributed by atoms with Crippen LogP contribution in [0.25, 0.3) is 0 Å². The number of nitrogens with one attached hydrogen (secondary N) is 2. The first-order valence-corrected chi connectivity index (χ1v) is 9.88. The van der Waals surface area contributed by atoms with Crippen molar-refractivity contribution in [3.8, 4) is 0 Å². The average molecular weight is 477 g/mol. The molecule has 2 aromatic carbocycles. The molecule has 10 nitrogen and oxygen atoms in total. The van der Waals surface area contributed by atoms with E-state index in [1.54, 1.807) is 36.4 Å². The molecule has 1 saturated heterocycles. The van der Waals surface area contributed by atoms with Crippen LogP contribution in [0.2, 0.25) is 0 Å². The van der Waals surface area contributed by atoms with Crippen LogP contribution >= 0.6 is 12.4 Å². The van der Waals surface area contributed by atoms with Gasteiger partial charge in [0.1, 0.15) is 12.4 Å². The van der Waals surface area contributed by atoms with Crippen LogP contribution in [0.3, 0.4) is 0 Å². The maximum absolute atomic E-state index is 13.0. The molecule has 0 radical (unpaired) electrons. The van der Waals surface area contributed by atoms with Crippen molar-refractivity contribution in [2.45, 2.75) is 18.6 Å². The topological polar surface area (TPSA) is 166 Å². The monoisotopic (exact) mass is 476 g/mol. The van der Waals surface area contributed by atoms with E-state index in [4.69, 9.17) is 21.0 Å². The smallest absolute Gasteiger partial charge is 0.259 e. The number of hydrogen-bond acceptors (Lipinski definition) is 7. The number of carbonyl (C=O) groups is 3. The molecule has 0 bridgehead atoms. The Morgan fingerprint density at radius 3 is 2.58 bits per heavy atom. The summed E-state index contributed by atoms with van der Waals surface area (Å²) in [6.07, 6.45) is -3.13. The minimum atomic E-state index is -1.75. The predicted octanol–water partition coefficient (Wildman–Crippen LogP) is 0.228. The summed E-state index contributed by atoms with van der Waals surface area (Å²) in [4.78, 5) is 38.3. The number of ether oxygens (including phenoxy) is 1. The molecule has 3 rings (SSSR count). The van der Waals surface area contributed by atoms with Gasteiger partial charge in [-0.3, -0.25) is 19.8 Å². The van der Waals surface area contributed by atoms with Gasteiger partial charge in [-0.1, -0.05) is 12.1 Å². The normalized spacial score (nSPS) is 16.5. The molecule has 11 heteroatoms. The number of nitrogens with two attached hydrogens (primary N) is 1. The van der Waals surface area contributed by atoms with Crippen LogP contribution in [0.4, 0.5) is 11.4 Å². The van der Waals surface area contributed by atoms with Crippen LogP contribution < -0.4 is 16.0 Å². The third kappa shape index (κ3) is 6.36. The SMILES string of the molecule is Cl.N=C(N)c1ccc(NC(=O)[C@H](O)[C@H]2OCCN(c3cccc(CC(=O)CO)c3)C2=O)cc1. The molecule has 1 fully saturated rings. The highest BCUT2D eigenvalue weighted by atomic mass is 35.5. The number of nitrogen functional groups attached to an aromatic ring is 1. The van der Waals surface area contributed by atoms with E-state index in [9.17, 15) is 19.5 Å². The highest BCUT2D eigenvalue weighted by Crippen LogP contribution is 2.22. The molecule has 2 atom stereocenters. The Morgan fingerprint density at radius 1 is 1.24 bits per heavy atom.